The van der Waals surface area contributed by atoms with Gasteiger partial charge in [0, 0.05) is 26.1 Å². The standard InChI is InChI=1S/C10H19N5O/c1-8(2)13-10(16)4-5-11-6-9-12-7-15(3)14-9/h7-8,11H,4-6H2,1-3H3,(H,13,16). The van der Waals surface area contributed by atoms with Gasteiger partial charge < -0.3 is 10.6 Å². The van der Waals surface area contributed by atoms with E-state index >= 15 is 0 Å². The zero-order chi connectivity index (χ0) is 12.0. The van der Waals surface area contributed by atoms with E-state index in [0.29, 0.717) is 19.5 Å². The summed E-state index contributed by atoms with van der Waals surface area (Å²) in [5.74, 6) is 0.809. The Morgan fingerprint density at radius 3 is 2.88 bits per heavy atom. The summed E-state index contributed by atoms with van der Waals surface area (Å²) in [5, 5.41) is 10.1. The van der Waals surface area contributed by atoms with E-state index in [1.807, 2.05) is 20.9 Å². The highest BCUT2D eigenvalue weighted by atomic mass is 16.1. The Morgan fingerprint density at radius 2 is 2.31 bits per heavy atom. The summed E-state index contributed by atoms with van der Waals surface area (Å²) in [6, 6.07) is 0.199. The van der Waals surface area contributed by atoms with Crippen LogP contribution < -0.4 is 10.6 Å². The minimum atomic E-state index is 0.0662. The van der Waals surface area contributed by atoms with Gasteiger partial charge in [-0.3, -0.25) is 9.48 Å². The Bertz CT molecular complexity index is 334. The lowest BCUT2D eigenvalue weighted by Gasteiger charge is -2.07. The average Bonchev–Trinajstić information content (AvgIpc) is 2.58. The van der Waals surface area contributed by atoms with Crippen LogP contribution in [0.4, 0.5) is 0 Å². The maximum atomic E-state index is 11.3. The Morgan fingerprint density at radius 1 is 1.56 bits per heavy atom. The lowest BCUT2D eigenvalue weighted by atomic mass is 10.3. The summed E-state index contributed by atoms with van der Waals surface area (Å²) in [6.07, 6.45) is 2.13. The van der Waals surface area contributed by atoms with Gasteiger partial charge in [-0.05, 0) is 13.8 Å². The molecule has 0 fully saturated rings. The summed E-state index contributed by atoms with van der Waals surface area (Å²) in [5.41, 5.74) is 0. The molecule has 0 aliphatic heterocycles. The lowest BCUT2D eigenvalue weighted by molar-refractivity contribution is -0.121. The molecule has 0 aliphatic rings. The van der Waals surface area contributed by atoms with Crippen molar-refractivity contribution < 1.29 is 4.79 Å². The number of nitrogens with zero attached hydrogens (tertiary/aromatic N) is 3. The molecule has 1 amide bonds. The second-order valence-corrected chi connectivity index (χ2v) is 3.98. The molecule has 6 nitrogen and oxygen atoms in total. The van der Waals surface area contributed by atoms with Crippen molar-refractivity contribution in [3.63, 3.8) is 0 Å². The fraction of sp³-hybridized carbons (Fsp3) is 0.700. The average molecular weight is 225 g/mol. The first-order valence-corrected chi connectivity index (χ1v) is 5.42. The molecule has 16 heavy (non-hydrogen) atoms. The summed E-state index contributed by atoms with van der Waals surface area (Å²) in [4.78, 5) is 15.4. The molecule has 0 aliphatic carbocycles. The zero-order valence-corrected chi connectivity index (χ0v) is 10.0. The molecule has 90 valence electrons. The molecular formula is C10H19N5O. The van der Waals surface area contributed by atoms with E-state index in [2.05, 4.69) is 20.7 Å². The molecular weight excluding hydrogens is 206 g/mol. The van der Waals surface area contributed by atoms with Crippen LogP contribution in [0.2, 0.25) is 0 Å². The summed E-state index contributed by atoms with van der Waals surface area (Å²) in [7, 11) is 1.83. The van der Waals surface area contributed by atoms with E-state index < -0.39 is 0 Å². The van der Waals surface area contributed by atoms with Crippen LogP contribution in [0, 0.1) is 0 Å². The normalized spacial score (nSPS) is 10.8. The van der Waals surface area contributed by atoms with Gasteiger partial charge in [0.15, 0.2) is 5.82 Å². The van der Waals surface area contributed by atoms with Crippen molar-refractivity contribution in [1.82, 2.24) is 25.4 Å². The molecule has 0 saturated carbocycles. The first kappa shape index (κ1) is 12.6. The predicted octanol–water partition coefficient (Wildman–Crippen LogP) is -0.181. The number of rotatable bonds is 6. The van der Waals surface area contributed by atoms with E-state index in [1.54, 1.807) is 11.0 Å². The van der Waals surface area contributed by atoms with Gasteiger partial charge in [-0.1, -0.05) is 0 Å². The van der Waals surface area contributed by atoms with Gasteiger partial charge in [0.1, 0.15) is 6.33 Å². The quantitative estimate of drug-likeness (QED) is 0.659. The van der Waals surface area contributed by atoms with Crippen LogP contribution in [-0.2, 0) is 18.4 Å². The molecule has 1 aromatic heterocycles. The number of hydrogen-bond donors (Lipinski definition) is 2. The van der Waals surface area contributed by atoms with E-state index in [1.165, 1.54) is 0 Å². The van der Waals surface area contributed by atoms with Gasteiger partial charge in [0.25, 0.3) is 0 Å². The molecule has 2 N–H and O–H groups in total. The number of carbonyl (C=O) groups is 1. The first-order valence-electron chi connectivity index (χ1n) is 5.42. The van der Waals surface area contributed by atoms with Crippen molar-refractivity contribution in [1.29, 1.82) is 0 Å². The van der Waals surface area contributed by atoms with Crippen molar-refractivity contribution in [3.05, 3.63) is 12.2 Å². The topological polar surface area (TPSA) is 71.8 Å². The van der Waals surface area contributed by atoms with E-state index in [9.17, 15) is 4.79 Å². The Labute approximate surface area is 95.4 Å². The number of aryl methyl sites for hydroxylation is 1. The lowest BCUT2D eigenvalue weighted by Crippen LogP contribution is -2.32. The molecule has 1 rings (SSSR count). The van der Waals surface area contributed by atoms with Crippen LogP contribution in [0.25, 0.3) is 0 Å². The molecule has 1 aromatic rings. The first-order chi connectivity index (χ1) is 7.58. The van der Waals surface area contributed by atoms with Gasteiger partial charge in [-0.15, -0.1) is 0 Å². The summed E-state index contributed by atoms with van der Waals surface area (Å²) in [6.45, 7) is 5.12. The van der Waals surface area contributed by atoms with Crippen molar-refractivity contribution in [2.24, 2.45) is 7.05 Å². The van der Waals surface area contributed by atoms with Crippen LogP contribution in [0.15, 0.2) is 6.33 Å². The van der Waals surface area contributed by atoms with E-state index in [-0.39, 0.29) is 11.9 Å². The summed E-state index contributed by atoms with van der Waals surface area (Å²) < 4.78 is 1.66. The van der Waals surface area contributed by atoms with Crippen molar-refractivity contribution in [2.75, 3.05) is 6.54 Å². The third-order valence-corrected chi connectivity index (χ3v) is 1.91. The van der Waals surface area contributed by atoms with Crippen LogP contribution in [0.5, 0.6) is 0 Å². The molecule has 0 spiro atoms. The zero-order valence-electron chi connectivity index (χ0n) is 10.0. The van der Waals surface area contributed by atoms with Crippen LogP contribution in [-0.4, -0.2) is 33.3 Å². The number of carbonyl (C=O) groups excluding carboxylic acids is 1. The second kappa shape index (κ2) is 6.22. The molecule has 0 unspecified atom stereocenters. The number of nitrogens with one attached hydrogen (secondary N) is 2. The highest BCUT2D eigenvalue weighted by Gasteiger charge is 2.03. The molecule has 6 heteroatoms. The third-order valence-electron chi connectivity index (χ3n) is 1.91. The number of hydrogen-bond acceptors (Lipinski definition) is 4. The van der Waals surface area contributed by atoms with Gasteiger partial charge in [0.2, 0.25) is 5.91 Å². The maximum absolute atomic E-state index is 11.3. The fourth-order valence-electron chi connectivity index (χ4n) is 1.26. The van der Waals surface area contributed by atoms with Crippen LogP contribution in [0.1, 0.15) is 26.1 Å². The SMILES string of the molecule is CC(C)NC(=O)CCNCc1ncn(C)n1. The maximum Gasteiger partial charge on any atom is 0.221 e. The minimum absolute atomic E-state index is 0.0662. The Hall–Kier alpha value is -1.43. The fourth-order valence-corrected chi connectivity index (χ4v) is 1.26. The molecule has 0 atom stereocenters. The van der Waals surface area contributed by atoms with Crippen molar-refractivity contribution in [3.8, 4) is 0 Å². The van der Waals surface area contributed by atoms with Crippen molar-refractivity contribution in [2.45, 2.75) is 32.9 Å². The summed E-state index contributed by atoms with van der Waals surface area (Å²) >= 11 is 0. The largest absolute Gasteiger partial charge is 0.354 e. The monoisotopic (exact) mass is 225 g/mol. The van der Waals surface area contributed by atoms with Crippen LogP contribution >= 0.6 is 0 Å². The Balaban J connectivity index is 2.10. The highest BCUT2D eigenvalue weighted by molar-refractivity contribution is 5.76. The minimum Gasteiger partial charge on any atom is -0.354 e. The van der Waals surface area contributed by atoms with Gasteiger partial charge in [-0.25, -0.2) is 4.98 Å². The third kappa shape index (κ3) is 4.88. The van der Waals surface area contributed by atoms with Gasteiger partial charge in [-0.2, -0.15) is 5.10 Å². The molecule has 0 bridgehead atoms. The number of amides is 1. The Kier molecular flexibility index (Phi) is 4.91. The van der Waals surface area contributed by atoms with Gasteiger partial charge >= 0.3 is 0 Å². The molecule has 0 saturated heterocycles. The smallest absolute Gasteiger partial charge is 0.221 e. The number of aromatic nitrogens is 3. The molecule has 0 radical (unpaired) electrons. The van der Waals surface area contributed by atoms with Crippen molar-refractivity contribution >= 4 is 5.91 Å². The van der Waals surface area contributed by atoms with E-state index in [0.717, 1.165) is 5.82 Å². The molecule has 0 aromatic carbocycles. The van der Waals surface area contributed by atoms with Gasteiger partial charge in [0.05, 0.1) is 6.54 Å². The molecule has 1 heterocycles. The van der Waals surface area contributed by atoms with Crippen LogP contribution in [0.3, 0.4) is 0 Å². The van der Waals surface area contributed by atoms with E-state index in [4.69, 9.17) is 0 Å². The second-order valence-electron chi connectivity index (χ2n) is 3.98. The predicted molar refractivity (Wildman–Crippen MR) is 60.6 cm³/mol. The highest BCUT2D eigenvalue weighted by Crippen LogP contribution is 1.87.